The van der Waals surface area contributed by atoms with Crippen LogP contribution in [0, 0.1) is 0 Å². The van der Waals surface area contributed by atoms with Gasteiger partial charge in [0.25, 0.3) is 0 Å². The molecule has 1 N–H and O–H groups in total. The van der Waals surface area contributed by atoms with Crippen LogP contribution in [0.4, 0.5) is 0 Å². The monoisotopic (exact) mass is 337 g/mol. The molecule has 0 radical (unpaired) electrons. The van der Waals surface area contributed by atoms with E-state index in [4.69, 9.17) is 0 Å². The molecule has 2 saturated heterocycles. The van der Waals surface area contributed by atoms with E-state index in [1.165, 1.54) is 25.7 Å². The van der Waals surface area contributed by atoms with Gasteiger partial charge in [0, 0.05) is 45.3 Å². The number of piperidine rings is 1. The molecule has 3 aliphatic rings. The largest absolute Gasteiger partial charge is 0.389 e. The molecule has 1 amide bonds. The summed E-state index contributed by atoms with van der Waals surface area (Å²) >= 11 is 0. The third-order valence-corrected chi connectivity index (χ3v) is 6.25. The molecule has 0 aromatic carbocycles. The van der Waals surface area contributed by atoms with Crippen LogP contribution in [0.15, 0.2) is 0 Å². The van der Waals surface area contributed by atoms with Gasteiger partial charge in [0.2, 0.25) is 5.91 Å². The summed E-state index contributed by atoms with van der Waals surface area (Å²) in [5, 5.41) is 10.7. The topological polar surface area (TPSA) is 47.0 Å². The maximum atomic E-state index is 12.6. The molecule has 3 fully saturated rings. The summed E-state index contributed by atoms with van der Waals surface area (Å²) in [7, 11) is 0. The first-order chi connectivity index (χ1) is 11.6. The predicted octanol–water partition coefficient (Wildman–Crippen LogP) is 1.70. The second kappa shape index (κ2) is 8.15. The maximum absolute atomic E-state index is 12.6. The Morgan fingerprint density at radius 3 is 2.29 bits per heavy atom. The molecule has 1 atom stereocenters. The number of hydrogen-bond donors (Lipinski definition) is 1. The van der Waals surface area contributed by atoms with Gasteiger partial charge in [0.05, 0.1) is 12.1 Å². The van der Waals surface area contributed by atoms with Gasteiger partial charge in [-0.25, -0.2) is 0 Å². The minimum Gasteiger partial charge on any atom is -0.389 e. The lowest BCUT2D eigenvalue weighted by atomic mass is 9.84. The van der Waals surface area contributed by atoms with Gasteiger partial charge in [-0.15, -0.1) is 0 Å². The lowest BCUT2D eigenvalue weighted by Crippen LogP contribution is -2.54. The second-order valence-corrected chi connectivity index (χ2v) is 8.27. The van der Waals surface area contributed by atoms with E-state index in [9.17, 15) is 9.90 Å². The molecule has 2 aliphatic heterocycles. The lowest BCUT2D eigenvalue weighted by molar-refractivity contribution is -0.136. The summed E-state index contributed by atoms with van der Waals surface area (Å²) in [5.74, 6) is 0.307. The fourth-order valence-electron chi connectivity index (χ4n) is 4.64. The molecule has 1 saturated carbocycles. The van der Waals surface area contributed by atoms with E-state index in [1.54, 1.807) is 0 Å². The second-order valence-electron chi connectivity index (χ2n) is 8.27. The van der Waals surface area contributed by atoms with E-state index in [-0.39, 0.29) is 0 Å². The van der Waals surface area contributed by atoms with Crippen LogP contribution in [0.3, 0.4) is 0 Å². The summed E-state index contributed by atoms with van der Waals surface area (Å²) in [6.07, 6.45) is 9.08. The number of amides is 1. The molecule has 5 nitrogen and oxygen atoms in total. The van der Waals surface area contributed by atoms with Crippen molar-refractivity contribution in [3.63, 3.8) is 0 Å². The Labute approximate surface area is 147 Å². The Hall–Kier alpha value is -0.650. The normalized spacial score (nSPS) is 29.6. The highest BCUT2D eigenvalue weighted by molar-refractivity contribution is 5.78. The van der Waals surface area contributed by atoms with Crippen LogP contribution in [0.1, 0.15) is 58.3 Å². The third-order valence-electron chi connectivity index (χ3n) is 6.25. The molecule has 24 heavy (non-hydrogen) atoms. The first-order valence-electron chi connectivity index (χ1n) is 10.0. The average Bonchev–Trinajstić information content (AvgIpc) is 2.57. The van der Waals surface area contributed by atoms with Crippen molar-refractivity contribution in [3.8, 4) is 0 Å². The van der Waals surface area contributed by atoms with Crippen molar-refractivity contribution in [1.82, 2.24) is 14.7 Å². The Kier molecular flexibility index (Phi) is 6.17. The lowest BCUT2D eigenvalue weighted by Gasteiger charge is -2.41. The van der Waals surface area contributed by atoms with Crippen molar-refractivity contribution in [2.75, 3.05) is 45.8 Å². The number of β-amino-alcohol motifs (C(OH)–C–C–N with tert-alkyl or cyclic N) is 1. The first-order valence-corrected chi connectivity index (χ1v) is 10.0. The van der Waals surface area contributed by atoms with Gasteiger partial charge in [-0.1, -0.05) is 19.3 Å². The number of nitrogens with zero attached hydrogens (tertiary/aromatic N) is 3. The molecule has 2 heterocycles. The Balaban J connectivity index is 1.41. The van der Waals surface area contributed by atoms with E-state index in [1.807, 2.05) is 0 Å². The highest BCUT2D eigenvalue weighted by atomic mass is 16.3. The van der Waals surface area contributed by atoms with Crippen LogP contribution < -0.4 is 0 Å². The fourth-order valence-corrected chi connectivity index (χ4v) is 4.64. The van der Waals surface area contributed by atoms with Gasteiger partial charge in [0.1, 0.15) is 0 Å². The van der Waals surface area contributed by atoms with Crippen molar-refractivity contribution in [1.29, 1.82) is 0 Å². The maximum Gasteiger partial charge on any atom is 0.236 e. The van der Waals surface area contributed by atoms with Crippen LogP contribution in [-0.2, 0) is 4.79 Å². The van der Waals surface area contributed by atoms with Crippen LogP contribution in [0.5, 0.6) is 0 Å². The van der Waals surface area contributed by atoms with E-state index in [0.717, 1.165) is 65.0 Å². The van der Waals surface area contributed by atoms with Crippen LogP contribution in [0.25, 0.3) is 0 Å². The zero-order chi connectivity index (χ0) is 17.0. The molecule has 138 valence electrons. The SMILES string of the molecule is CC1CCCCN1C(=O)CN1CCN(CC2(O)CCCCC2)CC1. The van der Waals surface area contributed by atoms with E-state index >= 15 is 0 Å². The minimum absolute atomic E-state index is 0.307. The van der Waals surface area contributed by atoms with Crippen LogP contribution in [-0.4, -0.2) is 83.2 Å². The average molecular weight is 338 g/mol. The molecule has 0 bridgehead atoms. The predicted molar refractivity (Wildman–Crippen MR) is 95.9 cm³/mol. The van der Waals surface area contributed by atoms with Crippen molar-refractivity contribution >= 4 is 5.91 Å². The smallest absolute Gasteiger partial charge is 0.236 e. The number of carbonyl (C=O) groups is 1. The fraction of sp³-hybridized carbons (Fsp3) is 0.947. The summed E-state index contributed by atoms with van der Waals surface area (Å²) in [6.45, 7) is 8.36. The quantitative estimate of drug-likeness (QED) is 0.848. The molecule has 0 aromatic heterocycles. The molecule has 3 rings (SSSR count). The Bertz CT molecular complexity index is 415. The standard InChI is InChI=1S/C19H35N3O2/c1-17-7-3-6-10-22(17)18(23)15-20-11-13-21(14-12-20)16-19(24)8-4-2-5-9-19/h17,24H,2-16H2,1H3. The molecule has 1 aliphatic carbocycles. The van der Waals surface area contributed by atoms with Gasteiger partial charge in [-0.3, -0.25) is 14.6 Å². The first kappa shape index (κ1) is 18.2. The summed E-state index contributed by atoms with van der Waals surface area (Å²) in [4.78, 5) is 19.3. The van der Waals surface area contributed by atoms with Crippen molar-refractivity contribution in [3.05, 3.63) is 0 Å². The molecular formula is C19H35N3O2. The van der Waals surface area contributed by atoms with Crippen molar-refractivity contribution < 1.29 is 9.90 Å². The summed E-state index contributed by atoms with van der Waals surface area (Å²) in [5.41, 5.74) is -0.459. The van der Waals surface area contributed by atoms with E-state index in [2.05, 4.69) is 21.6 Å². The molecule has 1 unspecified atom stereocenters. The Morgan fingerprint density at radius 1 is 0.958 bits per heavy atom. The number of carbonyl (C=O) groups excluding carboxylic acids is 1. The highest BCUT2D eigenvalue weighted by Gasteiger charge is 2.33. The number of rotatable bonds is 4. The van der Waals surface area contributed by atoms with Gasteiger partial charge in [0.15, 0.2) is 0 Å². The molecule has 0 spiro atoms. The third kappa shape index (κ3) is 4.70. The van der Waals surface area contributed by atoms with E-state index in [0.29, 0.717) is 18.5 Å². The summed E-state index contributed by atoms with van der Waals surface area (Å²) < 4.78 is 0. The van der Waals surface area contributed by atoms with Gasteiger partial charge in [-0.2, -0.15) is 0 Å². The zero-order valence-electron chi connectivity index (χ0n) is 15.4. The van der Waals surface area contributed by atoms with E-state index < -0.39 is 5.60 Å². The van der Waals surface area contributed by atoms with Crippen LogP contribution in [0.2, 0.25) is 0 Å². The van der Waals surface area contributed by atoms with Gasteiger partial charge < -0.3 is 10.0 Å². The van der Waals surface area contributed by atoms with Crippen molar-refractivity contribution in [2.24, 2.45) is 0 Å². The summed E-state index contributed by atoms with van der Waals surface area (Å²) in [6, 6.07) is 0.410. The minimum atomic E-state index is -0.459. The Morgan fingerprint density at radius 2 is 1.62 bits per heavy atom. The van der Waals surface area contributed by atoms with Gasteiger partial charge in [-0.05, 0) is 39.0 Å². The highest BCUT2D eigenvalue weighted by Crippen LogP contribution is 2.29. The zero-order valence-corrected chi connectivity index (χ0v) is 15.4. The molecule has 5 heteroatoms. The number of aliphatic hydroxyl groups is 1. The number of hydrogen-bond acceptors (Lipinski definition) is 4. The number of likely N-dealkylation sites (tertiary alicyclic amines) is 1. The number of piperazine rings is 1. The van der Waals surface area contributed by atoms with Gasteiger partial charge >= 0.3 is 0 Å². The molecule has 0 aromatic rings. The molecular weight excluding hydrogens is 302 g/mol. The van der Waals surface area contributed by atoms with Crippen molar-refractivity contribution in [2.45, 2.75) is 69.9 Å². The van der Waals surface area contributed by atoms with Crippen LogP contribution >= 0.6 is 0 Å².